The van der Waals surface area contributed by atoms with Gasteiger partial charge in [-0.3, -0.25) is 14.8 Å². The van der Waals surface area contributed by atoms with Crippen LogP contribution in [0.1, 0.15) is 28.2 Å². The van der Waals surface area contributed by atoms with Crippen LogP contribution >= 0.6 is 0 Å². The van der Waals surface area contributed by atoms with Gasteiger partial charge in [0.15, 0.2) is 0 Å². The Labute approximate surface area is 140 Å². The molecule has 0 radical (unpaired) electrons. The number of hydrogen-bond acceptors (Lipinski definition) is 5. The van der Waals surface area contributed by atoms with E-state index in [2.05, 4.69) is 15.3 Å². The molecule has 0 bridgehead atoms. The quantitative estimate of drug-likeness (QED) is 0.875. The lowest BCUT2D eigenvalue weighted by Crippen LogP contribution is -2.41. The molecule has 3 rings (SSSR count). The van der Waals surface area contributed by atoms with Gasteiger partial charge in [-0.1, -0.05) is 6.07 Å². The van der Waals surface area contributed by atoms with Crippen molar-refractivity contribution >= 4 is 15.9 Å². The summed E-state index contributed by atoms with van der Waals surface area (Å²) in [6, 6.07) is 6.08. The molecule has 126 valence electrons. The van der Waals surface area contributed by atoms with Crippen molar-refractivity contribution in [1.82, 2.24) is 19.6 Å². The predicted octanol–water partition coefficient (Wildman–Crippen LogP) is 1.11. The number of aromatic nitrogens is 2. The van der Waals surface area contributed by atoms with Gasteiger partial charge in [-0.2, -0.15) is 4.31 Å². The first-order valence-electron chi connectivity index (χ1n) is 7.63. The predicted molar refractivity (Wildman–Crippen MR) is 87.8 cm³/mol. The molecular weight excluding hydrogens is 328 g/mol. The first-order chi connectivity index (χ1) is 11.5. The summed E-state index contributed by atoms with van der Waals surface area (Å²) in [5.74, 6) is -0.349. The Kier molecular flexibility index (Phi) is 4.59. The molecule has 1 fully saturated rings. The van der Waals surface area contributed by atoms with Crippen LogP contribution in [-0.4, -0.2) is 41.7 Å². The number of carbonyl (C=O) groups is 1. The number of amides is 1. The van der Waals surface area contributed by atoms with Gasteiger partial charge in [-0.25, -0.2) is 8.42 Å². The van der Waals surface area contributed by atoms with Crippen molar-refractivity contribution in [3.8, 4) is 0 Å². The van der Waals surface area contributed by atoms with Crippen LogP contribution in [0.4, 0.5) is 0 Å². The molecule has 7 nitrogen and oxygen atoms in total. The van der Waals surface area contributed by atoms with Crippen LogP contribution in [0.3, 0.4) is 0 Å². The van der Waals surface area contributed by atoms with Crippen molar-refractivity contribution in [3.63, 3.8) is 0 Å². The maximum absolute atomic E-state index is 12.4. The van der Waals surface area contributed by atoms with E-state index in [1.807, 2.05) is 6.92 Å². The van der Waals surface area contributed by atoms with Crippen LogP contribution in [0.25, 0.3) is 0 Å². The molecule has 1 aromatic heterocycles. The van der Waals surface area contributed by atoms with E-state index in [-0.39, 0.29) is 17.3 Å². The Morgan fingerprint density at radius 3 is 2.67 bits per heavy atom. The standard InChI is InChI=1S/C16H18N4O3S/c1-12-9-18-14(10-17-12)11-19-16(21)13-4-2-5-15(8-13)24(22,23)20-6-3-7-20/h2,4-5,8-10H,3,6-7,11H2,1H3,(H,19,21). The lowest BCUT2D eigenvalue weighted by Gasteiger charge is -2.29. The fourth-order valence-electron chi connectivity index (χ4n) is 2.26. The third-order valence-corrected chi connectivity index (χ3v) is 5.71. The van der Waals surface area contributed by atoms with E-state index in [0.29, 0.717) is 24.3 Å². The molecule has 0 unspecified atom stereocenters. The second-order valence-corrected chi connectivity index (χ2v) is 7.56. The summed E-state index contributed by atoms with van der Waals surface area (Å²) < 4.78 is 26.2. The van der Waals surface area contributed by atoms with E-state index in [1.54, 1.807) is 24.5 Å². The highest BCUT2D eigenvalue weighted by molar-refractivity contribution is 7.89. The number of nitrogens with one attached hydrogen (secondary N) is 1. The van der Waals surface area contributed by atoms with Gasteiger partial charge in [-0.05, 0) is 31.5 Å². The van der Waals surface area contributed by atoms with Gasteiger partial charge in [-0.15, -0.1) is 0 Å². The third-order valence-electron chi connectivity index (χ3n) is 3.81. The summed E-state index contributed by atoms with van der Waals surface area (Å²) in [5.41, 5.74) is 1.74. The van der Waals surface area contributed by atoms with E-state index in [0.717, 1.165) is 12.1 Å². The van der Waals surface area contributed by atoms with Gasteiger partial charge in [0.1, 0.15) is 0 Å². The zero-order chi connectivity index (χ0) is 17.2. The number of carbonyl (C=O) groups excluding carboxylic acids is 1. The molecule has 0 atom stereocenters. The summed E-state index contributed by atoms with van der Waals surface area (Å²) in [4.78, 5) is 20.7. The molecule has 2 aromatic rings. The molecule has 1 saturated heterocycles. The summed E-state index contributed by atoms with van der Waals surface area (Å²) >= 11 is 0. The van der Waals surface area contributed by atoms with E-state index in [9.17, 15) is 13.2 Å². The monoisotopic (exact) mass is 346 g/mol. The molecule has 0 aliphatic carbocycles. The minimum atomic E-state index is -3.50. The average Bonchev–Trinajstić information content (AvgIpc) is 2.52. The zero-order valence-electron chi connectivity index (χ0n) is 13.3. The normalized spacial score (nSPS) is 14.9. The van der Waals surface area contributed by atoms with E-state index < -0.39 is 10.0 Å². The van der Waals surface area contributed by atoms with Gasteiger partial charge in [0, 0.05) is 24.8 Å². The number of hydrogen-bond donors (Lipinski definition) is 1. The Morgan fingerprint density at radius 1 is 1.25 bits per heavy atom. The van der Waals surface area contributed by atoms with Crippen LogP contribution in [-0.2, 0) is 16.6 Å². The molecule has 1 aromatic carbocycles. The molecule has 8 heteroatoms. The largest absolute Gasteiger partial charge is 0.346 e. The van der Waals surface area contributed by atoms with Crippen molar-refractivity contribution in [3.05, 3.63) is 53.6 Å². The number of sulfonamides is 1. The maximum Gasteiger partial charge on any atom is 0.251 e. The molecule has 0 saturated carbocycles. The SMILES string of the molecule is Cc1cnc(CNC(=O)c2cccc(S(=O)(=O)N3CCC3)c2)cn1. The maximum atomic E-state index is 12.4. The van der Waals surface area contributed by atoms with Gasteiger partial charge >= 0.3 is 0 Å². The van der Waals surface area contributed by atoms with Crippen molar-refractivity contribution in [2.75, 3.05) is 13.1 Å². The second-order valence-electron chi connectivity index (χ2n) is 5.62. The molecule has 1 aliphatic heterocycles. The van der Waals surface area contributed by atoms with E-state index in [1.165, 1.54) is 16.4 Å². The molecule has 1 aliphatic rings. The number of rotatable bonds is 5. The second kappa shape index (κ2) is 6.66. The highest BCUT2D eigenvalue weighted by Crippen LogP contribution is 2.21. The molecule has 24 heavy (non-hydrogen) atoms. The van der Waals surface area contributed by atoms with Gasteiger partial charge in [0.05, 0.1) is 29.0 Å². The smallest absolute Gasteiger partial charge is 0.251 e. The first-order valence-corrected chi connectivity index (χ1v) is 9.07. The fourth-order valence-corrected chi connectivity index (χ4v) is 3.82. The average molecular weight is 346 g/mol. The highest BCUT2D eigenvalue weighted by Gasteiger charge is 2.29. The van der Waals surface area contributed by atoms with Crippen LogP contribution < -0.4 is 5.32 Å². The van der Waals surface area contributed by atoms with E-state index in [4.69, 9.17) is 0 Å². The fraction of sp³-hybridized carbons (Fsp3) is 0.312. The summed E-state index contributed by atoms with van der Waals surface area (Å²) in [6.07, 6.45) is 4.10. The molecule has 2 heterocycles. The van der Waals surface area contributed by atoms with Gasteiger partial charge < -0.3 is 5.32 Å². The Balaban J connectivity index is 1.71. The molecular formula is C16H18N4O3S. The van der Waals surface area contributed by atoms with Crippen molar-refractivity contribution in [2.24, 2.45) is 0 Å². The van der Waals surface area contributed by atoms with Crippen LogP contribution in [0.15, 0.2) is 41.6 Å². The third kappa shape index (κ3) is 3.44. The Hall–Kier alpha value is -2.32. The molecule has 0 spiro atoms. The number of nitrogens with zero attached hydrogens (tertiary/aromatic N) is 3. The Morgan fingerprint density at radius 2 is 2.04 bits per heavy atom. The Bertz CT molecular complexity index is 846. The van der Waals surface area contributed by atoms with Crippen LogP contribution in [0.5, 0.6) is 0 Å². The minimum Gasteiger partial charge on any atom is -0.346 e. The first kappa shape index (κ1) is 16.5. The van der Waals surface area contributed by atoms with Crippen molar-refractivity contribution in [1.29, 1.82) is 0 Å². The lowest BCUT2D eigenvalue weighted by molar-refractivity contribution is 0.0950. The summed E-state index contributed by atoms with van der Waals surface area (Å²) in [5, 5.41) is 2.72. The number of benzene rings is 1. The summed E-state index contributed by atoms with van der Waals surface area (Å²) in [7, 11) is -3.50. The van der Waals surface area contributed by atoms with Gasteiger partial charge in [0.2, 0.25) is 10.0 Å². The zero-order valence-corrected chi connectivity index (χ0v) is 14.1. The summed E-state index contributed by atoms with van der Waals surface area (Å²) in [6.45, 7) is 3.13. The van der Waals surface area contributed by atoms with Crippen molar-refractivity contribution < 1.29 is 13.2 Å². The number of aryl methyl sites for hydroxylation is 1. The molecule has 1 N–H and O–H groups in total. The van der Waals surface area contributed by atoms with Crippen LogP contribution in [0.2, 0.25) is 0 Å². The minimum absolute atomic E-state index is 0.143. The molecule has 1 amide bonds. The van der Waals surface area contributed by atoms with Crippen molar-refractivity contribution in [2.45, 2.75) is 24.8 Å². The highest BCUT2D eigenvalue weighted by atomic mass is 32.2. The topological polar surface area (TPSA) is 92.3 Å². The van der Waals surface area contributed by atoms with E-state index >= 15 is 0 Å². The van der Waals surface area contributed by atoms with Gasteiger partial charge in [0.25, 0.3) is 5.91 Å². The lowest BCUT2D eigenvalue weighted by atomic mass is 10.2. The van der Waals surface area contributed by atoms with Crippen LogP contribution in [0, 0.1) is 6.92 Å².